The Kier molecular flexibility index (Phi) is 5.25. The molecule has 0 unspecified atom stereocenters. The van der Waals surface area contributed by atoms with Crippen LogP contribution in [0.4, 0.5) is 5.69 Å². The van der Waals surface area contributed by atoms with Crippen molar-refractivity contribution in [2.75, 3.05) is 18.9 Å². The van der Waals surface area contributed by atoms with Crippen molar-refractivity contribution in [3.05, 3.63) is 65.5 Å². The van der Waals surface area contributed by atoms with E-state index >= 15 is 0 Å². The fourth-order valence-electron chi connectivity index (χ4n) is 2.81. The summed E-state index contributed by atoms with van der Waals surface area (Å²) < 4.78 is 1.41. The third kappa shape index (κ3) is 4.00. The van der Waals surface area contributed by atoms with Gasteiger partial charge in [-0.25, -0.2) is 0 Å². The minimum absolute atomic E-state index is 0.0729. The molecule has 3 rings (SSSR count). The number of benzene rings is 2. The van der Waals surface area contributed by atoms with Gasteiger partial charge in [-0.15, -0.1) is 5.10 Å². The normalized spacial score (nSPS) is 10.5. The smallest absolute Gasteiger partial charge is 0.256 e. The number of aryl methyl sites for hydroxylation is 2. The van der Waals surface area contributed by atoms with Crippen LogP contribution >= 0.6 is 0 Å². The first-order chi connectivity index (χ1) is 13.0. The predicted molar refractivity (Wildman–Crippen MR) is 101 cm³/mol. The van der Waals surface area contributed by atoms with Crippen molar-refractivity contribution in [3.8, 4) is 5.69 Å². The monoisotopic (exact) mass is 364 g/mol. The molecule has 1 aromatic heterocycles. The summed E-state index contributed by atoms with van der Waals surface area (Å²) in [7, 11) is 1.59. The second-order valence-corrected chi connectivity index (χ2v) is 6.25. The van der Waals surface area contributed by atoms with Crippen molar-refractivity contribution >= 4 is 17.5 Å². The zero-order chi connectivity index (χ0) is 19.4. The second kappa shape index (κ2) is 7.77. The van der Waals surface area contributed by atoms with E-state index < -0.39 is 0 Å². The Bertz CT molecular complexity index is 948. The first kappa shape index (κ1) is 18.2. The molecule has 1 heterocycles. The average molecular weight is 364 g/mol. The summed E-state index contributed by atoms with van der Waals surface area (Å²) in [6.45, 7) is 3.79. The molecule has 0 bridgehead atoms. The number of anilines is 1. The van der Waals surface area contributed by atoms with Gasteiger partial charge in [0.2, 0.25) is 5.91 Å². The molecule has 0 atom stereocenters. The number of nitrogens with zero attached hydrogens (tertiary/aromatic N) is 5. The Balaban J connectivity index is 1.74. The van der Waals surface area contributed by atoms with Crippen molar-refractivity contribution in [2.24, 2.45) is 0 Å². The first-order valence-corrected chi connectivity index (χ1v) is 8.41. The molecule has 0 aliphatic carbocycles. The Labute approximate surface area is 156 Å². The zero-order valence-corrected chi connectivity index (χ0v) is 15.4. The lowest BCUT2D eigenvalue weighted by molar-refractivity contribution is -0.116. The Hall–Kier alpha value is -3.55. The summed E-state index contributed by atoms with van der Waals surface area (Å²) in [5, 5.41) is 13.9. The molecule has 0 aliphatic rings. The van der Waals surface area contributed by atoms with Crippen molar-refractivity contribution in [1.82, 2.24) is 25.1 Å². The Morgan fingerprint density at radius 3 is 2.44 bits per heavy atom. The van der Waals surface area contributed by atoms with Crippen LogP contribution in [0, 0.1) is 13.8 Å². The van der Waals surface area contributed by atoms with Crippen molar-refractivity contribution < 1.29 is 9.59 Å². The molecule has 2 amide bonds. The van der Waals surface area contributed by atoms with Gasteiger partial charge in [0.05, 0.1) is 17.8 Å². The minimum Gasteiger partial charge on any atom is -0.332 e. The van der Waals surface area contributed by atoms with Gasteiger partial charge in [-0.1, -0.05) is 30.3 Å². The van der Waals surface area contributed by atoms with E-state index in [0.29, 0.717) is 11.3 Å². The summed E-state index contributed by atoms with van der Waals surface area (Å²) in [5.74, 6) is -0.555. The molecule has 1 N–H and O–H groups in total. The number of hydrogen-bond donors (Lipinski definition) is 1. The van der Waals surface area contributed by atoms with E-state index in [0.717, 1.165) is 16.8 Å². The summed E-state index contributed by atoms with van der Waals surface area (Å²) in [4.78, 5) is 26.6. The highest BCUT2D eigenvalue weighted by atomic mass is 16.2. The van der Waals surface area contributed by atoms with Crippen LogP contribution in [0.5, 0.6) is 0 Å². The summed E-state index contributed by atoms with van der Waals surface area (Å²) in [6, 6.07) is 12.8. The number of tetrazole rings is 1. The molecule has 0 saturated carbocycles. The molecule has 3 aromatic rings. The molecule has 0 fully saturated rings. The van der Waals surface area contributed by atoms with Crippen LogP contribution in [-0.4, -0.2) is 50.5 Å². The van der Waals surface area contributed by atoms with Gasteiger partial charge in [0.1, 0.15) is 6.33 Å². The highest BCUT2D eigenvalue weighted by Gasteiger charge is 2.19. The molecule has 8 nitrogen and oxygen atoms in total. The molecule has 0 radical (unpaired) electrons. The molecule has 138 valence electrons. The van der Waals surface area contributed by atoms with Gasteiger partial charge in [-0.05, 0) is 47.5 Å². The highest BCUT2D eigenvalue weighted by Crippen LogP contribution is 2.19. The fourth-order valence-corrected chi connectivity index (χ4v) is 2.81. The number of aromatic nitrogens is 4. The minimum atomic E-state index is -0.294. The molecule has 0 aliphatic heterocycles. The van der Waals surface area contributed by atoms with Gasteiger partial charge >= 0.3 is 0 Å². The number of carbonyl (C=O) groups excluding carboxylic acids is 2. The molecule has 27 heavy (non-hydrogen) atoms. The second-order valence-electron chi connectivity index (χ2n) is 6.25. The third-order valence-electron chi connectivity index (χ3n) is 4.20. The van der Waals surface area contributed by atoms with E-state index in [-0.39, 0.29) is 18.4 Å². The summed E-state index contributed by atoms with van der Waals surface area (Å²) in [5.41, 5.74) is 3.68. The quantitative estimate of drug-likeness (QED) is 0.747. The lowest BCUT2D eigenvalue weighted by atomic mass is 10.1. The van der Waals surface area contributed by atoms with Crippen LogP contribution < -0.4 is 5.32 Å². The Morgan fingerprint density at radius 2 is 1.78 bits per heavy atom. The highest BCUT2D eigenvalue weighted by molar-refractivity contribution is 6.01. The van der Waals surface area contributed by atoms with Crippen LogP contribution in [0.3, 0.4) is 0 Å². The zero-order valence-electron chi connectivity index (χ0n) is 15.4. The number of amides is 2. The van der Waals surface area contributed by atoms with Crippen LogP contribution in [0.25, 0.3) is 5.69 Å². The van der Waals surface area contributed by atoms with Gasteiger partial charge in [0, 0.05) is 12.7 Å². The van der Waals surface area contributed by atoms with Gasteiger partial charge in [0.25, 0.3) is 5.91 Å². The molecule has 0 saturated heterocycles. The molecule has 8 heteroatoms. The van der Waals surface area contributed by atoms with E-state index in [4.69, 9.17) is 0 Å². The molecule has 0 spiro atoms. The lowest BCUT2D eigenvalue weighted by Crippen LogP contribution is -2.35. The van der Waals surface area contributed by atoms with Crippen LogP contribution in [0.15, 0.2) is 48.8 Å². The predicted octanol–water partition coefficient (Wildman–Crippen LogP) is 1.99. The molecular formula is C19H20N6O2. The van der Waals surface area contributed by atoms with Crippen molar-refractivity contribution in [1.29, 1.82) is 0 Å². The fraction of sp³-hybridized carbons (Fsp3) is 0.211. The maximum absolute atomic E-state index is 12.8. The van der Waals surface area contributed by atoms with Gasteiger partial charge in [-0.2, -0.15) is 4.68 Å². The number of nitrogens with one attached hydrogen (secondary N) is 1. The third-order valence-corrected chi connectivity index (χ3v) is 4.20. The molecule has 2 aromatic carbocycles. The first-order valence-electron chi connectivity index (χ1n) is 8.41. The van der Waals surface area contributed by atoms with Crippen LogP contribution in [-0.2, 0) is 4.79 Å². The maximum Gasteiger partial charge on any atom is 0.256 e. The van der Waals surface area contributed by atoms with E-state index in [1.807, 2.05) is 32.0 Å². The van der Waals surface area contributed by atoms with E-state index in [1.165, 1.54) is 15.9 Å². The van der Waals surface area contributed by atoms with Crippen molar-refractivity contribution in [3.63, 3.8) is 0 Å². The lowest BCUT2D eigenvalue weighted by Gasteiger charge is -2.19. The summed E-state index contributed by atoms with van der Waals surface area (Å²) >= 11 is 0. The summed E-state index contributed by atoms with van der Waals surface area (Å²) in [6.07, 6.45) is 1.42. The van der Waals surface area contributed by atoms with Crippen molar-refractivity contribution in [2.45, 2.75) is 13.8 Å². The number of hydrogen-bond acceptors (Lipinski definition) is 5. The van der Waals surface area contributed by atoms with E-state index in [2.05, 4.69) is 20.8 Å². The van der Waals surface area contributed by atoms with E-state index in [1.54, 1.807) is 31.3 Å². The standard InChI is InChI=1S/C19H20N6O2/c1-13-7-6-8-14(2)18(13)21-17(26)11-24(3)19(27)15-9-4-5-10-16(15)25-12-20-22-23-25/h4-10,12H,11H2,1-3H3,(H,21,26). The largest absolute Gasteiger partial charge is 0.332 e. The van der Waals surface area contributed by atoms with Gasteiger partial charge in [0.15, 0.2) is 0 Å². The van der Waals surface area contributed by atoms with Crippen LogP contribution in [0.2, 0.25) is 0 Å². The number of para-hydroxylation sites is 2. The number of rotatable bonds is 5. The molecular weight excluding hydrogens is 344 g/mol. The van der Waals surface area contributed by atoms with E-state index in [9.17, 15) is 9.59 Å². The Morgan fingerprint density at radius 1 is 1.07 bits per heavy atom. The maximum atomic E-state index is 12.8. The van der Waals surface area contributed by atoms with Crippen LogP contribution in [0.1, 0.15) is 21.5 Å². The number of carbonyl (C=O) groups is 2. The van der Waals surface area contributed by atoms with Gasteiger partial charge < -0.3 is 10.2 Å². The average Bonchev–Trinajstić information content (AvgIpc) is 3.19. The van der Waals surface area contributed by atoms with Gasteiger partial charge in [-0.3, -0.25) is 9.59 Å². The SMILES string of the molecule is Cc1cccc(C)c1NC(=O)CN(C)C(=O)c1ccccc1-n1cnnn1. The number of likely N-dealkylation sites (N-methyl/N-ethyl adjacent to an activating group) is 1. The topological polar surface area (TPSA) is 93.0 Å².